The average molecular weight is 339 g/mol. The van der Waals surface area contributed by atoms with Crippen molar-refractivity contribution in [3.63, 3.8) is 0 Å². The van der Waals surface area contributed by atoms with Crippen molar-refractivity contribution in [2.45, 2.75) is 32.0 Å². The van der Waals surface area contributed by atoms with E-state index in [9.17, 15) is 4.79 Å². The fourth-order valence-corrected chi connectivity index (χ4v) is 4.42. The van der Waals surface area contributed by atoms with Crippen LogP contribution in [0.4, 0.5) is 0 Å². The number of rotatable bonds is 6. The van der Waals surface area contributed by atoms with Crippen LogP contribution >= 0.6 is 0 Å². The van der Waals surface area contributed by atoms with Crippen molar-refractivity contribution in [2.75, 3.05) is 13.1 Å². The zero-order valence-corrected chi connectivity index (χ0v) is 14.4. The molecule has 3 N–H and O–H groups in total. The SMILES string of the molecule is NC(=O)c1ccc(CN[C@@H]2CC[C@@H]3CN(Cc4ccccc4)C[C@@H]32)o1. The van der Waals surface area contributed by atoms with Crippen LogP contribution in [0.15, 0.2) is 46.9 Å². The second kappa shape index (κ2) is 7.02. The fourth-order valence-electron chi connectivity index (χ4n) is 4.42. The second-order valence-corrected chi connectivity index (χ2v) is 7.30. The molecule has 1 saturated carbocycles. The Bertz CT molecular complexity index is 728. The zero-order chi connectivity index (χ0) is 17.2. The van der Waals surface area contributed by atoms with E-state index in [1.165, 1.54) is 24.9 Å². The Morgan fingerprint density at radius 3 is 2.76 bits per heavy atom. The van der Waals surface area contributed by atoms with Crippen molar-refractivity contribution in [3.05, 3.63) is 59.5 Å². The van der Waals surface area contributed by atoms with Gasteiger partial charge in [0.15, 0.2) is 5.76 Å². The normalized spacial score (nSPS) is 26.0. The summed E-state index contributed by atoms with van der Waals surface area (Å²) in [5, 5.41) is 3.63. The first-order valence-electron chi connectivity index (χ1n) is 9.07. The highest BCUT2D eigenvalue weighted by atomic mass is 16.3. The monoisotopic (exact) mass is 339 g/mol. The molecule has 4 rings (SSSR count). The van der Waals surface area contributed by atoms with Crippen LogP contribution in [0.2, 0.25) is 0 Å². The van der Waals surface area contributed by atoms with E-state index in [1.54, 1.807) is 6.07 Å². The number of likely N-dealkylation sites (tertiary alicyclic amines) is 1. The number of hydrogen-bond donors (Lipinski definition) is 2. The Kier molecular flexibility index (Phi) is 4.59. The van der Waals surface area contributed by atoms with E-state index in [1.807, 2.05) is 6.07 Å². The van der Waals surface area contributed by atoms with E-state index < -0.39 is 5.91 Å². The Morgan fingerprint density at radius 1 is 1.16 bits per heavy atom. The van der Waals surface area contributed by atoms with Crippen molar-refractivity contribution in [3.8, 4) is 0 Å². The largest absolute Gasteiger partial charge is 0.455 e. The molecule has 2 heterocycles. The van der Waals surface area contributed by atoms with Gasteiger partial charge in [0.25, 0.3) is 5.91 Å². The first-order valence-corrected chi connectivity index (χ1v) is 9.07. The van der Waals surface area contributed by atoms with Crippen LogP contribution in [0.25, 0.3) is 0 Å². The standard InChI is InChI=1S/C20H25N3O2/c21-20(24)19-9-7-16(25-19)10-22-18-8-6-15-12-23(13-17(15)18)11-14-4-2-1-3-5-14/h1-5,7,9,15,17-18,22H,6,8,10-13H2,(H2,21,24)/t15-,17+,18-/m1/s1. The third kappa shape index (κ3) is 3.62. The average Bonchev–Trinajstić information content (AvgIpc) is 3.30. The highest BCUT2D eigenvalue weighted by Gasteiger charge is 2.42. The molecule has 0 bridgehead atoms. The highest BCUT2D eigenvalue weighted by molar-refractivity contribution is 5.89. The first-order chi connectivity index (χ1) is 12.2. The maximum Gasteiger partial charge on any atom is 0.284 e. The topological polar surface area (TPSA) is 71.5 Å². The van der Waals surface area contributed by atoms with Crippen LogP contribution in [0.1, 0.15) is 34.7 Å². The Balaban J connectivity index is 1.31. The molecule has 0 radical (unpaired) electrons. The van der Waals surface area contributed by atoms with Crippen molar-refractivity contribution >= 4 is 5.91 Å². The van der Waals surface area contributed by atoms with Gasteiger partial charge in [0.1, 0.15) is 5.76 Å². The van der Waals surface area contributed by atoms with Crippen LogP contribution in [-0.2, 0) is 13.1 Å². The summed E-state index contributed by atoms with van der Waals surface area (Å²) < 4.78 is 5.47. The number of hydrogen-bond acceptors (Lipinski definition) is 4. The molecule has 2 fully saturated rings. The van der Waals surface area contributed by atoms with E-state index in [0.29, 0.717) is 18.5 Å². The van der Waals surface area contributed by atoms with Gasteiger partial charge in [0.05, 0.1) is 6.54 Å². The molecule has 2 aliphatic rings. The van der Waals surface area contributed by atoms with Gasteiger partial charge in [-0.2, -0.15) is 0 Å². The lowest BCUT2D eigenvalue weighted by Crippen LogP contribution is -2.35. The lowest BCUT2D eigenvalue weighted by atomic mass is 9.98. The summed E-state index contributed by atoms with van der Waals surface area (Å²) in [4.78, 5) is 13.7. The number of furan rings is 1. The van der Waals surface area contributed by atoms with Gasteiger partial charge in [-0.1, -0.05) is 30.3 Å². The predicted octanol–water partition coefficient (Wildman–Crippen LogP) is 2.38. The minimum Gasteiger partial charge on any atom is -0.455 e. The summed E-state index contributed by atoms with van der Waals surface area (Å²) in [7, 11) is 0. The third-order valence-electron chi connectivity index (χ3n) is 5.62. The number of primary amides is 1. The number of fused-ring (bicyclic) bond motifs is 1. The van der Waals surface area contributed by atoms with Gasteiger partial charge in [0.2, 0.25) is 0 Å². The molecule has 5 nitrogen and oxygen atoms in total. The lowest BCUT2D eigenvalue weighted by Gasteiger charge is -2.21. The molecule has 0 spiro atoms. The summed E-state index contributed by atoms with van der Waals surface area (Å²) in [5.74, 6) is 1.99. The smallest absolute Gasteiger partial charge is 0.284 e. The molecule has 1 amide bonds. The predicted molar refractivity (Wildman–Crippen MR) is 95.8 cm³/mol. The molecule has 0 unspecified atom stereocenters. The number of amides is 1. The molecule has 1 aliphatic carbocycles. The van der Waals surface area contributed by atoms with Crippen molar-refractivity contribution in [1.29, 1.82) is 0 Å². The summed E-state index contributed by atoms with van der Waals surface area (Å²) in [6, 6.07) is 14.7. The molecule has 25 heavy (non-hydrogen) atoms. The molecule has 5 heteroatoms. The van der Waals surface area contributed by atoms with Crippen molar-refractivity contribution in [2.24, 2.45) is 17.6 Å². The summed E-state index contributed by atoms with van der Waals surface area (Å²) in [5.41, 5.74) is 6.63. The maximum absolute atomic E-state index is 11.1. The minimum atomic E-state index is -0.514. The maximum atomic E-state index is 11.1. The van der Waals surface area contributed by atoms with Gasteiger partial charge in [-0.15, -0.1) is 0 Å². The Morgan fingerprint density at radius 2 is 2.00 bits per heavy atom. The van der Waals surface area contributed by atoms with Crippen molar-refractivity contribution in [1.82, 2.24) is 10.2 Å². The Labute approximate surface area is 148 Å². The molecule has 1 aliphatic heterocycles. The molecule has 3 atom stereocenters. The molecular formula is C20H25N3O2. The number of nitrogens with one attached hydrogen (secondary N) is 1. The highest BCUT2D eigenvalue weighted by Crippen LogP contribution is 2.38. The number of nitrogens with two attached hydrogens (primary N) is 1. The first kappa shape index (κ1) is 16.4. The number of carbonyl (C=O) groups is 1. The molecule has 1 saturated heterocycles. The van der Waals surface area contributed by atoms with E-state index in [4.69, 9.17) is 10.2 Å². The van der Waals surface area contributed by atoms with Gasteiger partial charge in [-0.3, -0.25) is 9.69 Å². The Hall–Kier alpha value is -2.11. The number of carbonyl (C=O) groups excluding carboxylic acids is 1. The summed E-state index contributed by atoms with van der Waals surface area (Å²) in [6.07, 6.45) is 2.51. The van der Waals surface area contributed by atoms with Gasteiger partial charge < -0.3 is 15.5 Å². The second-order valence-electron chi connectivity index (χ2n) is 7.30. The van der Waals surface area contributed by atoms with Crippen molar-refractivity contribution < 1.29 is 9.21 Å². The fraction of sp³-hybridized carbons (Fsp3) is 0.450. The third-order valence-corrected chi connectivity index (χ3v) is 5.62. The van der Waals surface area contributed by atoms with Crippen LogP contribution in [0.3, 0.4) is 0 Å². The molecule has 1 aromatic carbocycles. The van der Waals surface area contributed by atoms with Gasteiger partial charge in [-0.25, -0.2) is 0 Å². The van der Waals surface area contributed by atoms with E-state index in [0.717, 1.165) is 24.8 Å². The molecular weight excluding hydrogens is 314 g/mol. The quantitative estimate of drug-likeness (QED) is 0.848. The number of benzene rings is 1. The van der Waals surface area contributed by atoms with Crippen LogP contribution in [0, 0.1) is 11.8 Å². The van der Waals surface area contributed by atoms with E-state index >= 15 is 0 Å². The van der Waals surface area contributed by atoms with Crippen LogP contribution in [0.5, 0.6) is 0 Å². The lowest BCUT2D eigenvalue weighted by molar-refractivity contribution is 0.0972. The molecule has 132 valence electrons. The van der Waals surface area contributed by atoms with E-state index in [2.05, 4.69) is 40.5 Å². The summed E-state index contributed by atoms with van der Waals surface area (Å²) >= 11 is 0. The summed E-state index contributed by atoms with van der Waals surface area (Å²) in [6.45, 7) is 4.05. The van der Waals surface area contributed by atoms with E-state index in [-0.39, 0.29) is 5.76 Å². The zero-order valence-electron chi connectivity index (χ0n) is 14.4. The van der Waals surface area contributed by atoms with Gasteiger partial charge in [-0.05, 0) is 42.4 Å². The van der Waals surface area contributed by atoms with Crippen LogP contribution < -0.4 is 11.1 Å². The van der Waals surface area contributed by atoms with Crippen LogP contribution in [-0.4, -0.2) is 29.9 Å². The molecule has 2 aromatic rings. The minimum absolute atomic E-state index is 0.232. The molecule has 1 aromatic heterocycles. The van der Waals surface area contributed by atoms with Gasteiger partial charge >= 0.3 is 0 Å². The number of nitrogens with zero attached hydrogens (tertiary/aromatic N) is 1. The van der Waals surface area contributed by atoms with Gasteiger partial charge in [0, 0.05) is 25.7 Å².